The van der Waals surface area contributed by atoms with E-state index in [1.807, 2.05) is 35.7 Å². The molecule has 0 aliphatic heterocycles. The quantitative estimate of drug-likeness (QED) is 0.555. The Morgan fingerprint density at radius 2 is 1.97 bits per heavy atom. The number of ether oxygens (including phenoxy) is 1. The fraction of sp³-hybridized carbons (Fsp3) is 0.261. The summed E-state index contributed by atoms with van der Waals surface area (Å²) in [5, 5.41) is 7.81. The molecule has 30 heavy (non-hydrogen) atoms. The van der Waals surface area contributed by atoms with Crippen LogP contribution in [0.15, 0.2) is 65.5 Å². The Morgan fingerprint density at radius 3 is 2.70 bits per heavy atom. The maximum atomic E-state index is 12.9. The molecule has 0 radical (unpaired) electrons. The Morgan fingerprint density at radius 1 is 1.13 bits per heavy atom. The highest BCUT2D eigenvalue weighted by molar-refractivity contribution is 7.07. The van der Waals surface area contributed by atoms with Crippen LogP contribution in [0.5, 0.6) is 5.75 Å². The first kappa shape index (κ1) is 20.1. The number of nitrogens with zero attached hydrogens (tertiary/aromatic N) is 1. The summed E-state index contributed by atoms with van der Waals surface area (Å²) in [5.74, 6) is 0.129. The van der Waals surface area contributed by atoms with E-state index in [2.05, 4.69) is 15.6 Å². The van der Waals surface area contributed by atoms with Gasteiger partial charge in [0.15, 0.2) is 0 Å². The van der Waals surface area contributed by atoms with E-state index in [9.17, 15) is 9.59 Å². The topological polar surface area (TPSA) is 80.3 Å². The molecule has 1 heterocycles. The van der Waals surface area contributed by atoms with Crippen LogP contribution in [0, 0.1) is 0 Å². The van der Waals surface area contributed by atoms with Crippen LogP contribution in [0.2, 0.25) is 0 Å². The monoisotopic (exact) mass is 421 g/mol. The van der Waals surface area contributed by atoms with Gasteiger partial charge in [0.05, 0.1) is 11.2 Å². The second-order valence-electron chi connectivity index (χ2n) is 7.29. The number of aromatic nitrogens is 1. The first-order valence-electron chi connectivity index (χ1n) is 9.92. The summed E-state index contributed by atoms with van der Waals surface area (Å²) >= 11 is 1.51. The van der Waals surface area contributed by atoms with Gasteiger partial charge in [-0.3, -0.25) is 9.59 Å². The molecule has 1 aromatic heterocycles. The third kappa shape index (κ3) is 5.67. The van der Waals surface area contributed by atoms with Gasteiger partial charge >= 0.3 is 0 Å². The molecule has 1 aliphatic carbocycles. The van der Waals surface area contributed by atoms with Gasteiger partial charge in [-0.25, -0.2) is 4.98 Å². The predicted octanol–water partition coefficient (Wildman–Crippen LogP) is 3.34. The Labute approximate surface area is 179 Å². The molecule has 3 aromatic rings. The minimum atomic E-state index is -0.639. The first-order chi connectivity index (χ1) is 14.7. The summed E-state index contributed by atoms with van der Waals surface area (Å²) in [4.78, 5) is 29.8. The Balaban J connectivity index is 1.43. The average Bonchev–Trinajstić information content (AvgIpc) is 3.43. The Hall–Kier alpha value is -3.19. The van der Waals surface area contributed by atoms with Crippen molar-refractivity contribution in [1.82, 2.24) is 15.6 Å². The van der Waals surface area contributed by atoms with Gasteiger partial charge in [0.1, 0.15) is 18.4 Å². The smallest absolute Gasteiger partial charge is 0.252 e. The molecule has 7 heteroatoms. The molecule has 1 unspecified atom stereocenters. The van der Waals surface area contributed by atoms with E-state index in [1.54, 1.807) is 29.8 Å². The predicted molar refractivity (Wildman–Crippen MR) is 115 cm³/mol. The highest BCUT2D eigenvalue weighted by Gasteiger charge is 2.28. The summed E-state index contributed by atoms with van der Waals surface area (Å²) < 4.78 is 5.74. The fourth-order valence-electron chi connectivity index (χ4n) is 3.02. The molecule has 2 aromatic carbocycles. The van der Waals surface area contributed by atoms with Crippen LogP contribution in [-0.2, 0) is 17.8 Å². The lowest BCUT2D eigenvalue weighted by molar-refractivity contribution is -0.123. The van der Waals surface area contributed by atoms with Crippen molar-refractivity contribution in [1.29, 1.82) is 0 Å². The van der Waals surface area contributed by atoms with Crippen LogP contribution in [0.3, 0.4) is 0 Å². The minimum absolute atomic E-state index is 0.148. The number of hydrogen-bond acceptors (Lipinski definition) is 5. The normalized spacial score (nSPS) is 14.0. The van der Waals surface area contributed by atoms with Crippen LogP contribution < -0.4 is 15.4 Å². The van der Waals surface area contributed by atoms with E-state index >= 15 is 0 Å². The van der Waals surface area contributed by atoms with Crippen molar-refractivity contribution in [2.75, 3.05) is 0 Å². The number of amides is 2. The highest BCUT2D eigenvalue weighted by Crippen LogP contribution is 2.19. The molecular formula is C23H23N3O3S. The molecule has 2 N–H and O–H groups in total. The number of hydrogen-bond donors (Lipinski definition) is 2. The van der Waals surface area contributed by atoms with E-state index in [1.165, 1.54) is 11.3 Å². The van der Waals surface area contributed by atoms with Gasteiger partial charge in [-0.1, -0.05) is 36.4 Å². The van der Waals surface area contributed by atoms with Crippen molar-refractivity contribution in [3.8, 4) is 5.75 Å². The molecule has 1 aliphatic rings. The van der Waals surface area contributed by atoms with Gasteiger partial charge in [0, 0.05) is 23.4 Å². The summed E-state index contributed by atoms with van der Waals surface area (Å²) in [6.07, 6.45) is 2.43. The number of nitrogens with one attached hydrogen (secondary N) is 2. The van der Waals surface area contributed by atoms with Crippen LogP contribution in [0.4, 0.5) is 0 Å². The number of rotatable bonds is 9. The summed E-state index contributed by atoms with van der Waals surface area (Å²) in [6, 6.07) is 16.2. The number of thiazole rings is 1. The molecule has 0 spiro atoms. The standard InChI is InChI=1S/C23H23N3O3S/c27-22(17-7-4-8-20(12-17)29-13-19-14-30-15-24-19)26-21(23(28)25-18-9-10-18)11-16-5-2-1-3-6-16/h1-8,12,14-15,18,21H,9-11,13H2,(H,25,28)(H,26,27). The van der Waals surface area contributed by atoms with Gasteiger partial charge in [0.2, 0.25) is 5.91 Å². The lowest BCUT2D eigenvalue weighted by Gasteiger charge is -2.19. The van der Waals surface area contributed by atoms with Crippen molar-refractivity contribution < 1.29 is 14.3 Å². The molecular weight excluding hydrogens is 398 g/mol. The molecule has 0 saturated heterocycles. The maximum absolute atomic E-state index is 12.9. The molecule has 6 nitrogen and oxygen atoms in total. The van der Waals surface area contributed by atoms with E-state index in [4.69, 9.17) is 4.74 Å². The van der Waals surface area contributed by atoms with Crippen molar-refractivity contribution in [3.63, 3.8) is 0 Å². The van der Waals surface area contributed by atoms with E-state index in [-0.39, 0.29) is 17.9 Å². The van der Waals surface area contributed by atoms with Gasteiger partial charge in [-0.15, -0.1) is 11.3 Å². The summed E-state index contributed by atoms with van der Waals surface area (Å²) in [7, 11) is 0. The number of carbonyl (C=O) groups is 2. The molecule has 1 saturated carbocycles. The zero-order valence-corrected chi connectivity index (χ0v) is 17.2. The largest absolute Gasteiger partial charge is 0.487 e. The molecule has 1 atom stereocenters. The number of carbonyl (C=O) groups excluding carboxylic acids is 2. The number of benzene rings is 2. The SMILES string of the molecule is O=C(NC(Cc1ccccc1)C(=O)NC1CC1)c1cccc(OCc2cscn2)c1. The summed E-state index contributed by atoms with van der Waals surface area (Å²) in [5.41, 5.74) is 4.04. The third-order valence-corrected chi connectivity index (χ3v) is 5.43. The lowest BCUT2D eigenvalue weighted by Crippen LogP contribution is -2.48. The molecule has 2 amide bonds. The van der Waals surface area contributed by atoms with Crippen LogP contribution in [0.1, 0.15) is 34.5 Å². The van der Waals surface area contributed by atoms with E-state index in [0.29, 0.717) is 24.3 Å². The Kier molecular flexibility index (Phi) is 6.39. The minimum Gasteiger partial charge on any atom is -0.487 e. The van der Waals surface area contributed by atoms with Crippen LogP contribution in [0.25, 0.3) is 0 Å². The van der Waals surface area contributed by atoms with E-state index in [0.717, 1.165) is 24.1 Å². The second-order valence-corrected chi connectivity index (χ2v) is 8.01. The Bertz CT molecular complexity index is 988. The maximum Gasteiger partial charge on any atom is 0.252 e. The molecule has 1 fully saturated rings. The van der Waals surface area contributed by atoms with Crippen molar-refractivity contribution in [2.45, 2.75) is 38.0 Å². The van der Waals surface area contributed by atoms with Gasteiger partial charge in [-0.05, 0) is 36.6 Å². The van der Waals surface area contributed by atoms with Gasteiger partial charge in [-0.2, -0.15) is 0 Å². The highest BCUT2D eigenvalue weighted by atomic mass is 32.1. The zero-order chi connectivity index (χ0) is 20.8. The molecule has 154 valence electrons. The van der Waals surface area contributed by atoms with Crippen LogP contribution in [-0.4, -0.2) is 28.9 Å². The van der Waals surface area contributed by atoms with Gasteiger partial charge < -0.3 is 15.4 Å². The van der Waals surface area contributed by atoms with Crippen molar-refractivity contribution in [3.05, 3.63) is 82.3 Å². The van der Waals surface area contributed by atoms with Crippen molar-refractivity contribution >= 4 is 23.2 Å². The lowest BCUT2D eigenvalue weighted by atomic mass is 10.0. The first-order valence-corrected chi connectivity index (χ1v) is 10.9. The average molecular weight is 422 g/mol. The zero-order valence-electron chi connectivity index (χ0n) is 16.4. The second kappa shape index (κ2) is 9.54. The van der Waals surface area contributed by atoms with Crippen molar-refractivity contribution in [2.24, 2.45) is 0 Å². The molecule has 0 bridgehead atoms. The van der Waals surface area contributed by atoms with Gasteiger partial charge in [0.25, 0.3) is 5.91 Å². The fourth-order valence-corrected chi connectivity index (χ4v) is 3.57. The van der Waals surface area contributed by atoms with E-state index < -0.39 is 6.04 Å². The van der Waals surface area contributed by atoms with Crippen LogP contribution >= 0.6 is 11.3 Å². The third-order valence-electron chi connectivity index (χ3n) is 4.79. The summed E-state index contributed by atoms with van der Waals surface area (Å²) in [6.45, 7) is 0.342. The molecule has 4 rings (SSSR count).